The fourth-order valence-corrected chi connectivity index (χ4v) is 3.91. The van der Waals surface area contributed by atoms with Gasteiger partial charge in [0.2, 0.25) is 5.91 Å². The van der Waals surface area contributed by atoms with Gasteiger partial charge in [-0.3, -0.25) is 4.79 Å². The van der Waals surface area contributed by atoms with E-state index in [9.17, 15) is 9.59 Å². The Labute approximate surface area is 166 Å². The van der Waals surface area contributed by atoms with E-state index < -0.39 is 0 Å². The van der Waals surface area contributed by atoms with E-state index >= 15 is 0 Å². The molecule has 1 saturated heterocycles. The molecular weight excluding hydrogens is 358 g/mol. The van der Waals surface area contributed by atoms with Gasteiger partial charge in [-0.2, -0.15) is 5.01 Å². The zero-order chi connectivity index (χ0) is 20.1. The summed E-state index contributed by atoms with van der Waals surface area (Å²) in [5.41, 5.74) is 0.938. The number of amides is 3. The van der Waals surface area contributed by atoms with Crippen molar-refractivity contribution in [2.75, 3.05) is 20.7 Å². The summed E-state index contributed by atoms with van der Waals surface area (Å²) in [4.78, 5) is 24.9. The van der Waals surface area contributed by atoms with Gasteiger partial charge < -0.3 is 14.8 Å². The summed E-state index contributed by atoms with van der Waals surface area (Å²) in [5.74, 6) is 1.20. The standard InChI is InChI=1S/C21H31N3O4/c1-4-5-12-22-21(26)24-20(25)14-17(23(24)2)15-10-11-18(27-3)19(13-15)28-16-8-6-7-9-16/h10-11,13,16-17H,4-9,12,14H2,1-3H3,(H,22,26). The molecule has 1 aliphatic carbocycles. The maximum absolute atomic E-state index is 12.5. The number of benzene rings is 1. The van der Waals surface area contributed by atoms with Crippen LogP contribution in [-0.2, 0) is 4.79 Å². The molecule has 2 fully saturated rings. The van der Waals surface area contributed by atoms with E-state index in [1.807, 2.05) is 18.2 Å². The van der Waals surface area contributed by atoms with E-state index in [0.29, 0.717) is 18.0 Å². The van der Waals surface area contributed by atoms with E-state index in [1.54, 1.807) is 19.2 Å². The third-order valence-corrected chi connectivity index (χ3v) is 5.54. The quantitative estimate of drug-likeness (QED) is 0.721. The van der Waals surface area contributed by atoms with Crippen LogP contribution in [0.25, 0.3) is 0 Å². The molecular formula is C21H31N3O4. The van der Waals surface area contributed by atoms with Gasteiger partial charge in [-0.15, -0.1) is 0 Å². The van der Waals surface area contributed by atoms with Gasteiger partial charge in [0.15, 0.2) is 11.5 Å². The summed E-state index contributed by atoms with van der Waals surface area (Å²) < 4.78 is 11.6. The van der Waals surface area contributed by atoms with Gasteiger partial charge in [-0.1, -0.05) is 19.4 Å². The molecule has 1 aliphatic heterocycles. The molecule has 1 N–H and O–H groups in total. The SMILES string of the molecule is CCCCNC(=O)N1C(=O)CC(c2ccc(OC)c(OC3CCCC3)c2)N1C. The van der Waals surface area contributed by atoms with Gasteiger partial charge in [0.25, 0.3) is 0 Å². The second-order valence-corrected chi connectivity index (χ2v) is 7.52. The van der Waals surface area contributed by atoms with Crippen LogP contribution in [0.15, 0.2) is 18.2 Å². The number of hydrazine groups is 1. The first kappa shape index (κ1) is 20.5. The summed E-state index contributed by atoms with van der Waals surface area (Å²) in [5, 5.41) is 5.74. The van der Waals surface area contributed by atoms with Gasteiger partial charge >= 0.3 is 6.03 Å². The zero-order valence-corrected chi connectivity index (χ0v) is 17.1. The van der Waals surface area contributed by atoms with Crippen LogP contribution in [0, 0.1) is 0 Å². The second kappa shape index (κ2) is 9.28. The second-order valence-electron chi connectivity index (χ2n) is 7.52. The predicted octanol–water partition coefficient (Wildman–Crippen LogP) is 3.65. The Morgan fingerprint density at radius 1 is 1.25 bits per heavy atom. The van der Waals surface area contributed by atoms with Gasteiger partial charge in [0.1, 0.15) is 0 Å². The van der Waals surface area contributed by atoms with Gasteiger partial charge in [-0.25, -0.2) is 9.80 Å². The Morgan fingerprint density at radius 2 is 2.00 bits per heavy atom. The number of hydrogen-bond donors (Lipinski definition) is 1. The highest BCUT2D eigenvalue weighted by atomic mass is 16.5. The van der Waals surface area contributed by atoms with E-state index in [4.69, 9.17) is 9.47 Å². The molecule has 28 heavy (non-hydrogen) atoms. The van der Waals surface area contributed by atoms with Crippen molar-refractivity contribution in [2.24, 2.45) is 0 Å². The van der Waals surface area contributed by atoms with Crippen molar-refractivity contribution in [1.29, 1.82) is 0 Å². The summed E-state index contributed by atoms with van der Waals surface area (Å²) >= 11 is 0. The first-order valence-corrected chi connectivity index (χ1v) is 10.2. The Balaban J connectivity index is 1.75. The van der Waals surface area contributed by atoms with E-state index in [1.165, 1.54) is 17.9 Å². The number of nitrogens with one attached hydrogen (secondary N) is 1. The van der Waals surface area contributed by atoms with Crippen LogP contribution in [-0.4, -0.2) is 48.8 Å². The highest BCUT2D eigenvalue weighted by Crippen LogP contribution is 2.38. The predicted molar refractivity (Wildman–Crippen MR) is 106 cm³/mol. The Bertz CT molecular complexity index is 703. The molecule has 7 nitrogen and oxygen atoms in total. The van der Waals surface area contributed by atoms with Gasteiger partial charge in [0, 0.05) is 13.6 Å². The molecule has 1 saturated carbocycles. The number of urea groups is 1. The summed E-state index contributed by atoms with van der Waals surface area (Å²) in [7, 11) is 3.40. The molecule has 0 spiro atoms. The first-order chi connectivity index (χ1) is 13.5. The van der Waals surface area contributed by atoms with Crippen molar-refractivity contribution >= 4 is 11.9 Å². The number of nitrogens with zero attached hydrogens (tertiary/aromatic N) is 2. The molecule has 1 aromatic carbocycles. The number of carbonyl (C=O) groups is 2. The molecule has 0 aromatic heterocycles. The van der Waals surface area contributed by atoms with Crippen molar-refractivity contribution in [3.8, 4) is 11.5 Å². The number of imide groups is 1. The molecule has 154 valence electrons. The lowest BCUT2D eigenvalue weighted by Gasteiger charge is -2.27. The molecule has 3 amide bonds. The van der Waals surface area contributed by atoms with Crippen LogP contribution in [0.4, 0.5) is 4.79 Å². The van der Waals surface area contributed by atoms with Crippen LogP contribution in [0.2, 0.25) is 0 Å². The van der Waals surface area contributed by atoms with Crippen LogP contribution in [0.3, 0.4) is 0 Å². The molecule has 1 aromatic rings. The normalized spacial score (nSPS) is 20.6. The van der Waals surface area contributed by atoms with Crippen molar-refractivity contribution in [2.45, 2.75) is 64.0 Å². The minimum Gasteiger partial charge on any atom is -0.493 e. The maximum Gasteiger partial charge on any atom is 0.339 e. The van der Waals surface area contributed by atoms with Crippen molar-refractivity contribution in [1.82, 2.24) is 15.3 Å². The number of hydrogen-bond acceptors (Lipinski definition) is 5. The van der Waals surface area contributed by atoms with Crippen LogP contribution in [0.5, 0.6) is 11.5 Å². The largest absolute Gasteiger partial charge is 0.493 e. The third kappa shape index (κ3) is 4.41. The molecule has 1 heterocycles. The monoisotopic (exact) mass is 389 g/mol. The number of rotatable bonds is 7. The van der Waals surface area contributed by atoms with Crippen molar-refractivity contribution < 1.29 is 19.1 Å². The lowest BCUT2D eigenvalue weighted by molar-refractivity contribution is -0.131. The molecule has 0 bridgehead atoms. The number of methoxy groups -OCH3 is 1. The summed E-state index contributed by atoms with van der Waals surface area (Å²) in [6.07, 6.45) is 6.84. The molecule has 0 radical (unpaired) electrons. The summed E-state index contributed by atoms with van der Waals surface area (Å²) in [6.45, 7) is 2.63. The average Bonchev–Trinajstić information content (AvgIpc) is 3.29. The van der Waals surface area contributed by atoms with Crippen LogP contribution in [0.1, 0.15) is 63.5 Å². The van der Waals surface area contributed by atoms with Gasteiger partial charge in [-0.05, 0) is 49.8 Å². The number of carbonyl (C=O) groups excluding carboxylic acids is 2. The van der Waals surface area contributed by atoms with Gasteiger partial charge in [0.05, 0.1) is 25.7 Å². The minimum absolute atomic E-state index is 0.199. The van der Waals surface area contributed by atoms with Crippen molar-refractivity contribution in [3.63, 3.8) is 0 Å². The maximum atomic E-state index is 12.5. The van der Waals surface area contributed by atoms with E-state index in [-0.39, 0.29) is 30.5 Å². The molecule has 1 unspecified atom stereocenters. The highest BCUT2D eigenvalue weighted by molar-refractivity contribution is 5.95. The fourth-order valence-electron chi connectivity index (χ4n) is 3.91. The molecule has 3 rings (SSSR count). The minimum atomic E-state index is -0.362. The van der Waals surface area contributed by atoms with Crippen LogP contribution < -0.4 is 14.8 Å². The Hall–Kier alpha value is -2.28. The average molecular weight is 389 g/mol. The molecule has 1 atom stereocenters. The summed E-state index contributed by atoms with van der Waals surface area (Å²) in [6, 6.07) is 5.19. The smallest absolute Gasteiger partial charge is 0.339 e. The number of ether oxygens (including phenoxy) is 2. The van der Waals surface area contributed by atoms with E-state index in [0.717, 1.165) is 31.2 Å². The molecule has 7 heteroatoms. The Morgan fingerprint density at radius 3 is 2.68 bits per heavy atom. The zero-order valence-electron chi connectivity index (χ0n) is 17.1. The number of unbranched alkanes of at least 4 members (excludes halogenated alkanes) is 1. The Kier molecular flexibility index (Phi) is 6.78. The van der Waals surface area contributed by atoms with Crippen molar-refractivity contribution in [3.05, 3.63) is 23.8 Å². The highest BCUT2D eigenvalue weighted by Gasteiger charge is 2.40. The fraction of sp³-hybridized carbons (Fsp3) is 0.619. The topological polar surface area (TPSA) is 71.1 Å². The third-order valence-electron chi connectivity index (χ3n) is 5.54. The lowest BCUT2D eigenvalue weighted by Crippen LogP contribution is -2.47. The lowest BCUT2D eigenvalue weighted by atomic mass is 10.0. The molecule has 2 aliphatic rings. The first-order valence-electron chi connectivity index (χ1n) is 10.2. The van der Waals surface area contributed by atoms with Crippen LogP contribution >= 0.6 is 0 Å². The van der Waals surface area contributed by atoms with E-state index in [2.05, 4.69) is 12.2 Å².